The number of carbonyl (C=O) groups is 2. The van der Waals surface area contributed by atoms with Gasteiger partial charge in [-0.3, -0.25) is 14.5 Å². The van der Waals surface area contributed by atoms with Crippen LogP contribution in [0.4, 0.5) is 0 Å². The summed E-state index contributed by atoms with van der Waals surface area (Å²) in [4.78, 5) is 29.2. The van der Waals surface area contributed by atoms with Crippen molar-refractivity contribution in [3.63, 3.8) is 0 Å². The number of nitrogens with one attached hydrogen (secondary N) is 1. The molecule has 0 bridgehead atoms. The third-order valence-corrected chi connectivity index (χ3v) is 4.27. The molecular formula is C16H19N5O3. The van der Waals surface area contributed by atoms with Crippen molar-refractivity contribution in [3.05, 3.63) is 30.1 Å². The van der Waals surface area contributed by atoms with Crippen LogP contribution in [0.3, 0.4) is 0 Å². The molecule has 1 saturated carbocycles. The summed E-state index contributed by atoms with van der Waals surface area (Å²) >= 11 is 0. The number of carboxylic acids is 1. The molecule has 3 rings (SSSR count). The predicted octanol–water partition coefficient (Wildman–Crippen LogP) is 0.692. The molecule has 2 aromatic rings. The molecule has 1 amide bonds. The van der Waals surface area contributed by atoms with Gasteiger partial charge >= 0.3 is 5.97 Å². The Morgan fingerprint density at radius 1 is 1.25 bits per heavy atom. The number of fused-ring (bicyclic) bond motifs is 1. The molecule has 1 aromatic carbocycles. The quantitative estimate of drug-likeness (QED) is 0.802. The Balaban J connectivity index is 1.57. The van der Waals surface area contributed by atoms with E-state index in [1.807, 2.05) is 24.0 Å². The average Bonchev–Trinajstić information content (AvgIpc) is 2.55. The van der Waals surface area contributed by atoms with Gasteiger partial charge in [0.1, 0.15) is 5.52 Å². The van der Waals surface area contributed by atoms with Gasteiger partial charge in [-0.05, 0) is 31.5 Å². The second-order valence-corrected chi connectivity index (χ2v) is 5.88. The number of aromatic nitrogens is 3. The Bertz CT molecular complexity index is 760. The molecule has 0 spiro atoms. The first kappa shape index (κ1) is 16.3. The van der Waals surface area contributed by atoms with E-state index in [1.165, 1.54) is 0 Å². The molecule has 1 fully saturated rings. The second-order valence-electron chi connectivity index (χ2n) is 5.88. The van der Waals surface area contributed by atoms with E-state index in [2.05, 4.69) is 20.5 Å². The standard InChI is InChI=1S/C16H19N5O3/c1-2-21(9-14(22)23)11-7-10(8-11)17-16(24)15-18-12-5-3-4-6-13(12)19-20-15/h3-6,10-11H,2,7-9H2,1H3,(H,17,24)(H,22,23). The van der Waals surface area contributed by atoms with Crippen molar-refractivity contribution in [2.45, 2.75) is 31.8 Å². The van der Waals surface area contributed by atoms with Gasteiger partial charge in [-0.2, -0.15) is 0 Å². The molecule has 1 aliphatic rings. The van der Waals surface area contributed by atoms with E-state index < -0.39 is 5.97 Å². The number of amides is 1. The first-order chi connectivity index (χ1) is 11.6. The number of nitrogens with zero attached hydrogens (tertiary/aromatic N) is 4. The zero-order valence-electron chi connectivity index (χ0n) is 13.3. The van der Waals surface area contributed by atoms with E-state index in [4.69, 9.17) is 5.11 Å². The van der Waals surface area contributed by atoms with Crippen LogP contribution in [0.2, 0.25) is 0 Å². The lowest BCUT2D eigenvalue weighted by Crippen LogP contribution is -2.55. The lowest BCUT2D eigenvalue weighted by atomic mass is 9.85. The third kappa shape index (κ3) is 3.48. The largest absolute Gasteiger partial charge is 0.480 e. The smallest absolute Gasteiger partial charge is 0.317 e. The maximum atomic E-state index is 12.2. The van der Waals surface area contributed by atoms with Gasteiger partial charge in [-0.25, -0.2) is 4.98 Å². The van der Waals surface area contributed by atoms with Gasteiger partial charge in [0.15, 0.2) is 0 Å². The molecular weight excluding hydrogens is 310 g/mol. The molecule has 1 aromatic heterocycles. The summed E-state index contributed by atoms with van der Waals surface area (Å²) in [5.41, 5.74) is 1.27. The van der Waals surface area contributed by atoms with Crippen molar-refractivity contribution in [2.75, 3.05) is 13.1 Å². The number of aliphatic carboxylic acids is 1. The first-order valence-electron chi connectivity index (χ1n) is 7.93. The van der Waals surface area contributed by atoms with Crippen molar-refractivity contribution in [1.82, 2.24) is 25.4 Å². The van der Waals surface area contributed by atoms with E-state index in [0.717, 1.165) is 12.8 Å². The summed E-state index contributed by atoms with van der Waals surface area (Å²) in [6, 6.07) is 7.44. The van der Waals surface area contributed by atoms with Gasteiger partial charge in [-0.1, -0.05) is 19.1 Å². The molecule has 126 valence electrons. The SMILES string of the molecule is CCN(CC(=O)O)C1CC(NC(=O)c2nnc3ccccc3n2)C1. The second kappa shape index (κ2) is 6.88. The fourth-order valence-electron chi connectivity index (χ4n) is 2.90. The minimum Gasteiger partial charge on any atom is -0.480 e. The molecule has 1 heterocycles. The Hall–Kier alpha value is -2.61. The zero-order valence-corrected chi connectivity index (χ0v) is 13.3. The molecule has 24 heavy (non-hydrogen) atoms. The first-order valence-corrected chi connectivity index (χ1v) is 7.93. The molecule has 1 aliphatic carbocycles. The number of benzene rings is 1. The molecule has 0 saturated heterocycles. The van der Waals surface area contributed by atoms with Crippen molar-refractivity contribution >= 4 is 22.9 Å². The van der Waals surface area contributed by atoms with Gasteiger partial charge in [0, 0.05) is 12.1 Å². The van der Waals surface area contributed by atoms with Crippen LogP contribution in [0.25, 0.3) is 11.0 Å². The molecule has 0 atom stereocenters. The maximum absolute atomic E-state index is 12.2. The summed E-state index contributed by atoms with van der Waals surface area (Å²) in [6.07, 6.45) is 1.46. The van der Waals surface area contributed by atoms with Gasteiger partial charge in [0.2, 0.25) is 5.82 Å². The summed E-state index contributed by atoms with van der Waals surface area (Å²) in [7, 11) is 0. The lowest BCUT2D eigenvalue weighted by molar-refractivity contribution is -0.139. The number of hydrogen-bond acceptors (Lipinski definition) is 6. The molecule has 8 nitrogen and oxygen atoms in total. The highest BCUT2D eigenvalue weighted by Crippen LogP contribution is 2.25. The zero-order chi connectivity index (χ0) is 17.1. The van der Waals surface area contributed by atoms with Crippen LogP contribution in [-0.2, 0) is 4.79 Å². The topological polar surface area (TPSA) is 108 Å². The van der Waals surface area contributed by atoms with E-state index in [0.29, 0.717) is 17.6 Å². The van der Waals surface area contributed by atoms with Gasteiger partial charge in [0.05, 0.1) is 12.1 Å². The van der Waals surface area contributed by atoms with Crippen LogP contribution >= 0.6 is 0 Å². The number of para-hydroxylation sites is 1. The number of rotatable bonds is 6. The Kier molecular flexibility index (Phi) is 4.66. The monoisotopic (exact) mass is 329 g/mol. The molecule has 0 radical (unpaired) electrons. The average molecular weight is 329 g/mol. The van der Waals surface area contributed by atoms with Crippen molar-refractivity contribution < 1.29 is 14.7 Å². The summed E-state index contributed by atoms with van der Waals surface area (Å²) in [5, 5.41) is 19.6. The number of carboxylic acid groups (broad SMARTS) is 1. The van der Waals surface area contributed by atoms with Crippen LogP contribution in [0.15, 0.2) is 24.3 Å². The highest BCUT2D eigenvalue weighted by molar-refractivity contribution is 5.92. The summed E-state index contributed by atoms with van der Waals surface area (Å²) < 4.78 is 0. The van der Waals surface area contributed by atoms with Crippen molar-refractivity contribution in [2.24, 2.45) is 0 Å². The number of carbonyl (C=O) groups excluding carboxylic acids is 1. The highest BCUT2D eigenvalue weighted by Gasteiger charge is 2.35. The van der Waals surface area contributed by atoms with Crippen molar-refractivity contribution in [1.29, 1.82) is 0 Å². The highest BCUT2D eigenvalue weighted by atomic mass is 16.4. The van der Waals surface area contributed by atoms with Gasteiger partial charge in [-0.15, -0.1) is 10.2 Å². The Morgan fingerprint density at radius 2 is 1.96 bits per heavy atom. The van der Waals surface area contributed by atoms with Crippen LogP contribution in [0.5, 0.6) is 0 Å². The summed E-state index contributed by atoms with van der Waals surface area (Å²) in [5.74, 6) is -1.13. The molecule has 2 N–H and O–H groups in total. The van der Waals surface area contributed by atoms with Gasteiger partial charge in [0.25, 0.3) is 5.91 Å². The van der Waals surface area contributed by atoms with Gasteiger partial charge < -0.3 is 10.4 Å². The minimum absolute atomic E-state index is 0.0143. The number of hydrogen-bond donors (Lipinski definition) is 2. The number of likely N-dealkylation sites (N-methyl/N-ethyl adjacent to an activating group) is 1. The Labute approximate surface area is 138 Å². The van der Waals surface area contributed by atoms with Crippen LogP contribution in [0, 0.1) is 0 Å². The van der Waals surface area contributed by atoms with Crippen LogP contribution < -0.4 is 5.32 Å². The predicted molar refractivity (Wildman–Crippen MR) is 86.5 cm³/mol. The Morgan fingerprint density at radius 3 is 2.62 bits per heavy atom. The molecule has 0 unspecified atom stereocenters. The molecule has 8 heteroatoms. The van der Waals surface area contributed by atoms with E-state index in [1.54, 1.807) is 12.1 Å². The van der Waals surface area contributed by atoms with E-state index >= 15 is 0 Å². The maximum Gasteiger partial charge on any atom is 0.317 e. The lowest BCUT2D eigenvalue weighted by Gasteiger charge is -2.42. The molecule has 0 aliphatic heterocycles. The minimum atomic E-state index is -0.833. The third-order valence-electron chi connectivity index (χ3n) is 4.27. The summed E-state index contributed by atoms with van der Waals surface area (Å²) in [6.45, 7) is 2.64. The normalized spacial score (nSPS) is 19.9. The fourth-order valence-corrected chi connectivity index (χ4v) is 2.90. The van der Waals surface area contributed by atoms with E-state index in [-0.39, 0.29) is 30.4 Å². The fraction of sp³-hybridized carbons (Fsp3) is 0.438. The van der Waals surface area contributed by atoms with Crippen molar-refractivity contribution in [3.8, 4) is 0 Å². The van der Waals surface area contributed by atoms with Crippen LogP contribution in [-0.4, -0.2) is 62.2 Å². The van der Waals surface area contributed by atoms with Crippen LogP contribution in [0.1, 0.15) is 30.4 Å². The van der Waals surface area contributed by atoms with E-state index in [9.17, 15) is 9.59 Å².